The van der Waals surface area contributed by atoms with E-state index in [-0.39, 0.29) is 21.9 Å². The van der Waals surface area contributed by atoms with Gasteiger partial charge in [0.05, 0.1) is 16.0 Å². The Bertz CT molecular complexity index is 851. The predicted octanol–water partition coefficient (Wildman–Crippen LogP) is 4.12. The van der Waals surface area contributed by atoms with E-state index >= 15 is 0 Å². The molecule has 1 aromatic carbocycles. The number of aromatic nitrogens is 1. The molecule has 8 heteroatoms. The molecule has 130 valence electrons. The summed E-state index contributed by atoms with van der Waals surface area (Å²) in [6.45, 7) is 4.34. The monoisotopic (exact) mass is 372 g/mol. The number of halogens is 2. The van der Waals surface area contributed by atoms with Gasteiger partial charge in [0.1, 0.15) is 17.3 Å². The first-order valence-corrected chi connectivity index (χ1v) is 9.56. The zero-order chi connectivity index (χ0) is 17.5. The molecule has 2 aromatic rings. The largest absolute Gasteiger partial charge is 0.361 e. The molecule has 3 rings (SSSR count). The highest BCUT2D eigenvalue weighted by molar-refractivity contribution is 7.89. The third kappa shape index (κ3) is 3.08. The first-order valence-electron chi connectivity index (χ1n) is 7.74. The predicted molar refractivity (Wildman–Crippen MR) is 87.9 cm³/mol. The van der Waals surface area contributed by atoms with Crippen molar-refractivity contribution in [3.8, 4) is 0 Å². The van der Waals surface area contributed by atoms with Gasteiger partial charge in [-0.15, -0.1) is 0 Å². The minimum Gasteiger partial charge on any atom is -0.361 e. The summed E-state index contributed by atoms with van der Waals surface area (Å²) in [6, 6.07) is 4.86. The molecule has 5 nitrogen and oxygen atoms in total. The molecule has 2 heterocycles. The summed E-state index contributed by atoms with van der Waals surface area (Å²) in [7, 11) is -3.79. The van der Waals surface area contributed by atoms with Crippen LogP contribution >= 0.6 is 11.6 Å². The minimum absolute atomic E-state index is 0.0200. The SMILES string of the molecule is CC(C)c1cc([C@H]2CCCN2S(=O)(=O)c2ccc(F)c(Cl)c2)no1. The Morgan fingerprint density at radius 3 is 2.75 bits per heavy atom. The van der Waals surface area contributed by atoms with Crippen LogP contribution < -0.4 is 0 Å². The number of rotatable bonds is 4. The molecule has 24 heavy (non-hydrogen) atoms. The van der Waals surface area contributed by atoms with Gasteiger partial charge >= 0.3 is 0 Å². The molecule has 1 atom stereocenters. The molecular weight excluding hydrogens is 355 g/mol. The number of sulfonamides is 1. The van der Waals surface area contributed by atoms with Crippen molar-refractivity contribution in [1.82, 2.24) is 9.46 Å². The van der Waals surface area contributed by atoms with Crippen LogP contribution in [0.4, 0.5) is 4.39 Å². The van der Waals surface area contributed by atoms with Crippen LogP contribution in [-0.2, 0) is 10.0 Å². The average Bonchev–Trinajstić information content (AvgIpc) is 3.17. The van der Waals surface area contributed by atoms with Crippen molar-refractivity contribution in [2.75, 3.05) is 6.54 Å². The summed E-state index contributed by atoms with van der Waals surface area (Å²) in [5, 5.41) is 3.83. The van der Waals surface area contributed by atoms with Gasteiger partial charge < -0.3 is 4.52 Å². The summed E-state index contributed by atoms with van der Waals surface area (Å²) in [6.07, 6.45) is 1.39. The normalized spacial score (nSPS) is 19.3. The highest BCUT2D eigenvalue weighted by Gasteiger charge is 2.38. The third-order valence-corrected chi connectivity index (χ3v) is 6.35. The van der Waals surface area contributed by atoms with Gasteiger partial charge in [-0.2, -0.15) is 4.31 Å². The number of benzene rings is 1. The summed E-state index contributed by atoms with van der Waals surface area (Å²) >= 11 is 5.73. The van der Waals surface area contributed by atoms with Gasteiger partial charge in [-0.25, -0.2) is 12.8 Å². The molecule has 1 saturated heterocycles. The average molecular weight is 373 g/mol. The number of hydrogen-bond acceptors (Lipinski definition) is 4. The van der Waals surface area contributed by atoms with Gasteiger partial charge in [0, 0.05) is 18.5 Å². The third-order valence-electron chi connectivity index (χ3n) is 4.16. The molecule has 0 bridgehead atoms. The molecule has 0 aliphatic carbocycles. The van der Waals surface area contributed by atoms with Crippen LogP contribution in [0, 0.1) is 5.82 Å². The fraction of sp³-hybridized carbons (Fsp3) is 0.438. The van der Waals surface area contributed by atoms with E-state index in [1.54, 1.807) is 6.07 Å². The minimum atomic E-state index is -3.79. The Kier molecular flexibility index (Phi) is 4.68. The first kappa shape index (κ1) is 17.4. The summed E-state index contributed by atoms with van der Waals surface area (Å²) < 4.78 is 45.8. The highest BCUT2D eigenvalue weighted by atomic mass is 35.5. The molecule has 1 aliphatic heterocycles. The Hall–Kier alpha value is -1.44. The topological polar surface area (TPSA) is 63.4 Å². The van der Waals surface area contributed by atoms with Crippen molar-refractivity contribution in [2.24, 2.45) is 0 Å². The van der Waals surface area contributed by atoms with E-state index in [9.17, 15) is 12.8 Å². The summed E-state index contributed by atoms with van der Waals surface area (Å²) in [5.41, 5.74) is 0.605. The molecule has 1 aromatic heterocycles. The van der Waals surface area contributed by atoms with E-state index in [4.69, 9.17) is 16.1 Å². The van der Waals surface area contributed by atoms with Crippen molar-refractivity contribution in [3.05, 3.63) is 46.6 Å². The van der Waals surface area contributed by atoms with Crippen LogP contribution in [0.3, 0.4) is 0 Å². The fourth-order valence-corrected chi connectivity index (χ4v) is 4.77. The molecule has 0 spiro atoms. The van der Waals surface area contributed by atoms with Gasteiger partial charge in [-0.05, 0) is 31.0 Å². The van der Waals surface area contributed by atoms with Crippen LogP contribution in [0.15, 0.2) is 33.7 Å². The van der Waals surface area contributed by atoms with Crippen molar-refractivity contribution in [1.29, 1.82) is 0 Å². The maximum atomic E-state index is 13.3. The van der Waals surface area contributed by atoms with Gasteiger partial charge in [0.2, 0.25) is 10.0 Å². The summed E-state index contributed by atoms with van der Waals surface area (Å²) in [4.78, 5) is -0.0200. The quantitative estimate of drug-likeness (QED) is 0.809. The van der Waals surface area contributed by atoms with Gasteiger partial charge in [-0.3, -0.25) is 0 Å². The van der Waals surface area contributed by atoms with Crippen molar-refractivity contribution in [3.63, 3.8) is 0 Å². The van der Waals surface area contributed by atoms with Crippen LogP contribution in [0.25, 0.3) is 0 Å². The van der Waals surface area contributed by atoms with Crippen LogP contribution in [0.1, 0.15) is 50.1 Å². The van der Waals surface area contributed by atoms with Gasteiger partial charge in [0.25, 0.3) is 0 Å². The van der Waals surface area contributed by atoms with E-state index in [0.717, 1.165) is 24.3 Å². The van der Waals surface area contributed by atoms with Crippen molar-refractivity contribution < 1.29 is 17.3 Å². The lowest BCUT2D eigenvalue weighted by atomic mass is 10.1. The number of nitrogens with zero attached hydrogens (tertiary/aromatic N) is 2. The molecule has 0 N–H and O–H groups in total. The Labute approximate surface area is 145 Å². The standard InChI is InChI=1S/C16H18ClFN2O3S/c1-10(2)16-9-14(19-23-16)15-4-3-7-20(15)24(21,22)11-5-6-13(18)12(17)8-11/h5-6,8-10,15H,3-4,7H2,1-2H3/t15-/m1/s1. The first-order chi connectivity index (χ1) is 11.3. The van der Waals surface area contributed by atoms with Gasteiger partial charge in [-0.1, -0.05) is 30.6 Å². The maximum Gasteiger partial charge on any atom is 0.243 e. The molecular formula is C16H18ClFN2O3S. The van der Waals surface area contributed by atoms with E-state index in [0.29, 0.717) is 18.7 Å². The van der Waals surface area contributed by atoms with Crippen LogP contribution in [0.2, 0.25) is 5.02 Å². The second-order valence-corrected chi connectivity index (χ2v) is 8.46. The highest BCUT2D eigenvalue weighted by Crippen LogP contribution is 2.37. The van der Waals surface area contributed by atoms with E-state index < -0.39 is 15.8 Å². The number of hydrogen-bond donors (Lipinski definition) is 0. The van der Waals surface area contributed by atoms with E-state index in [2.05, 4.69) is 5.16 Å². The lowest BCUT2D eigenvalue weighted by molar-refractivity contribution is 0.338. The second kappa shape index (κ2) is 6.46. The smallest absolute Gasteiger partial charge is 0.243 e. The Morgan fingerprint density at radius 2 is 2.12 bits per heavy atom. The summed E-state index contributed by atoms with van der Waals surface area (Å²) in [5.74, 6) is 0.249. The van der Waals surface area contributed by atoms with Crippen molar-refractivity contribution >= 4 is 21.6 Å². The second-order valence-electron chi connectivity index (χ2n) is 6.16. The van der Waals surface area contributed by atoms with Crippen molar-refractivity contribution in [2.45, 2.75) is 43.5 Å². The van der Waals surface area contributed by atoms with E-state index in [1.807, 2.05) is 13.8 Å². The molecule has 0 unspecified atom stereocenters. The zero-order valence-corrected chi connectivity index (χ0v) is 14.9. The fourth-order valence-electron chi connectivity index (χ4n) is 2.83. The lowest BCUT2D eigenvalue weighted by Crippen LogP contribution is -2.30. The molecule has 0 radical (unpaired) electrons. The molecule has 0 saturated carbocycles. The molecule has 0 amide bonds. The Balaban J connectivity index is 1.95. The molecule has 1 fully saturated rings. The molecule has 1 aliphatic rings. The van der Waals surface area contributed by atoms with Crippen LogP contribution in [-0.4, -0.2) is 24.4 Å². The van der Waals surface area contributed by atoms with E-state index in [1.165, 1.54) is 10.4 Å². The lowest BCUT2D eigenvalue weighted by Gasteiger charge is -2.22. The zero-order valence-electron chi connectivity index (χ0n) is 13.4. The Morgan fingerprint density at radius 1 is 1.38 bits per heavy atom. The van der Waals surface area contributed by atoms with Gasteiger partial charge in [0.15, 0.2) is 0 Å². The van der Waals surface area contributed by atoms with Crippen LogP contribution in [0.5, 0.6) is 0 Å². The maximum absolute atomic E-state index is 13.3.